The van der Waals surface area contributed by atoms with Crippen molar-refractivity contribution in [2.24, 2.45) is 16.5 Å². The Labute approximate surface area is 100 Å². The predicted molar refractivity (Wildman–Crippen MR) is 60.2 cm³/mol. The van der Waals surface area contributed by atoms with Crippen LogP contribution in [0.15, 0.2) is 27.9 Å². The monoisotopic (exact) mass is 259 g/mol. The SMILES string of the molecule is Cc1ncc(=O)[nH]c1/N=C(N)\C=C(/N)OC(F)F. The van der Waals surface area contributed by atoms with Crippen molar-refractivity contribution in [1.29, 1.82) is 0 Å². The van der Waals surface area contributed by atoms with Gasteiger partial charge in [-0.15, -0.1) is 0 Å². The van der Waals surface area contributed by atoms with Gasteiger partial charge in [-0.25, -0.2) is 4.99 Å². The number of alkyl halides is 2. The largest absolute Gasteiger partial charge is 0.419 e. The molecule has 0 atom stereocenters. The summed E-state index contributed by atoms with van der Waals surface area (Å²) >= 11 is 0. The van der Waals surface area contributed by atoms with E-state index in [0.29, 0.717) is 5.69 Å². The fourth-order valence-electron chi connectivity index (χ4n) is 1.01. The van der Waals surface area contributed by atoms with Crippen molar-refractivity contribution in [1.82, 2.24) is 9.97 Å². The zero-order valence-corrected chi connectivity index (χ0v) is 9.35. The lowest BCUT2D eigenvalue weighted by Crippen LogP contribution is -2.15. The second-order valence-corrected chi connectivity index (χ2v) is 3.14. The minimum absolute atomic E-state index is 0.112. The molecule has 0 aliphatic heterocycles. The summed E-state index contributed by atoms with van der Waals surface area (Å²) in [6.45, 7) is -1.46. The Morgan fingerprint density at radius 2 is 2.28 bits per heavy atom. The Balaban J connectivity index is 2.95. The maximum absolute atomic E-state index is 11.8. The number of halogens is 2. The Morgan fingerprint density at radius 1 is 1.61 bits per heavy atom. The summed E-state index contributed by atoms with van der Waals surface area (Å²) in [7, 11) is 0. The van der Waals surface area contributed by atoms with Gasteiger partial charge >= 0.3 is 6.61 Å². The minimum Gasteiger partial charge on any atom is -0.419 e. The number of ether oxygens (including phenoxy) is 1. The van der Waals surface area contributed by atoms with Crippen LogP contribution in [-0.4, -0.2) is 22.4 Å². The molecule has 0 fully saturated rings. The number of nitrogens with one attached hydrogen (secondary N) is 1. The number of aliphatic imine (C=N–C) groups is 1. The predicted octanol–water partition coefficient (Wildman–Crippen LogP) is 0.106. The fraction of sp³-hybridized carbons (Fsp3) is 0.222. The molecule has 18 heavy (non-hydrogen) atoms. The number of nitrogens with zero attached hydrogens (tertiary/aromatic N) is 2. The second-order valence-electron chi connectivity index (χ2n) is 3.14. The van der Waals surface area contributed by atoms with Crippen molar-refractivity contribution in [2.75, 3.05) is 0 Å². The smallest absolute Gasteiger partial charge is 0.388 e. The lowest BCUT2D eigenvalue weighted by Gasteiger charge is -2.03. The molecule has 0 bridgehead atoms. The average molecular weight is 259 g/mol. The van der Waals surface area contributed by atoms with Crippen molar-refractivity contribution in [3.63, 3.8) is 0 Å². The number of rotatable bonds is 4. The molecule has 0 aliphatic carbocycles. The highest BCUT2D eigenvalue weighted by atomic mass is 19.3. The van der Waals surface area contributed by atoms with Crippen LogP contribution < -0.4 is 17.0 Å². The average Bonchev–Trinajstić information content (AvgIpc) is 2.21. The van der Waals surface area contributed by atoms with Gasteiger partial charge in [0.25, 0.3) is 5.56 Å². The van der Waals surface area contributed by atoms with Crippen LogP contribution in [0.2, 0.25) is 0 Å². The Bertz CT molecular complexity index is 538. The number of H-pyrrole nitrogens is 1. The third-order valence-corrected chi connectivity index (χ3v) is 1.72. The number of aromatic amines is 1. The quantitative estimate of drug-likeness (QED) is 0.402. The molecule has 0 amide bonds. The van der Waals surface area contributed by atoms with E-state index in [1.165, 1.54) is 0 Å². The molecule has 0 unspecified atom stereocenters. The molecular weight excluding hydrogens is 248 g/mol. The van der Waals surface area contributed by atoms with Gasteiger partial charge in [-0.3, -0.25) is 9.78 Å². The van der Waals surface area contributed by atoms with Gasteiger partial charge in [-0.2, -0.15) is 8.78 Å². The normalized spacial score (nSPS) is 12.9. The van der Waals surface area contributed by atoms with E-state index in [0.717, 1.165) is 12.3 Å². The number of nitrogens with two attached hydrogens (primary N) is 2. The summed E-state index contributed by atoms with van der Waals surface area (Å²) in [5.74, 6) is -0.684. The number of aromatic nitrogens is 2. The van der Waals surface area contributed by atoms with Crippen LogP contribution in [0.25, 0.3) is 0 Å². The topological polar surface area (TPSA) is 119 Å². The fourth-order valence-corrected chi connectivity index (χ4v) is 1.01. The van der Waals surface area contributed by atoms with E-state index >= 15 is 0 Å². The van der Waals surface area contributed by atoms with E-state index in [4.69, 9.17) is 11.5 Å². The molecule has 98 valence electrons. The molecule has 5 N–H and O–H groups in total. The lowest BCUT2D eigenvalue weighted by molar-refractivity contribution is -0.0966. The summed E-state index contributed by atoms with van der Waals surface area (Å²) in [5, 5.41) is 0. The highest BCUT2D eigenvalue weighted by Gasteiger charge is 2.04. The molecular formula is C9H11F2N5O2. The first-order valence-electron chi connectivity index (χ1n) is 4.70. The Kier molecular flexibility index (Phi) is 4.35. The van der Waals surface area contributed by atoms with Crippen LogP contribution in [0, 0.1) is 6.92 Å². The van der Waals surface area contributed by atoms with Crippen LogP contribution >= 0.6 is 0 Å². The van der Waals surface area contributed by atoms with E-state index < -0.39 is 18.1 Å². The summed E-state index contributed by atoms with van der Waals surface area (Å²) in [6.07, 6.45) is 1.98. The molecule has 1 aromatic heterocycles. The van der Waals surface area contributed by atoms with Crippen molar-refractivity contribution < 1.29 is 13.5 Å². The zero-order valence-electron chi connectivity index (χ0n) is 9.35. The molecule has 0 spiro atoms. The maximum atomic E-state index is 11.8. The van der Waals surface area contributed by atoms with Gasteiger partial charge in [0.2, 0.25) is 0 Å². The van der Waals surface area contributed by atoms with Gasteiger partial charge in [0.1, 0.15) is 5.84 Å². The van der Waals surface area contributed by atoms with Crippen LogP contribution in [0.4, 0.5) is 14.6 Å². The van der Waals surface area contributed by atoms with Crippen LogP contribution in [0.3, 0.4) is 0 Å². The van der Waals surface area contributed by atoms with Crippen molar-refractivity contribution >= 4 is 11.7 Å². The van der Waals surface area contributed by atoms with E-state index in [2.05, 4.69) is 19.7 Å². The molecule has 1 aromatic rings. The number of aryl methyl sites for hydroxylation is 1. The molecule has 0 aromatic carbocycles. The summed E-state index contributed by atoms with van der Waals surface area (Å²) in [6, 6.07) is 0. The standard InChI is InChI=1S/C9H11F2N5O2/c1-4-8(16-7(17)3-14-4)15-5(12)2-6(13)18-9(10)11/h2-3,9H,13H2,1H3,(H3,12,15,16,17)/b6-2+. The molecule has 0 saturated heterocycles. The Hall–Kier alpha value is -2.45. The van der Waals surface area contributed by atoms with Crippen LogP contribution in [0.1, 0.15) is 5.69 Å². The molecule has 0 saturated carbocycles. The van der Waals surface area contributed by atoms with Crippen molar-refractivity contribution in [3.05, 3.63) is 34.2 Å². The Morgan fingerprint density at radius 3 is 2.89 bits per heavy atom. The zero-order chi connectivity index (χ0) is 13.7. The first-order chi connectivity index (χ1) is 8.38. The first kappa shape index (κ1) is 13.6. The second kappa shape index (κ2) is 5.75. The molecule has 1 heterocycles. The first-order valence-corrected chi connectivity index (χ1v) is 4.70. The van der Waals surface area contributed by atoms with E-state index in [9.17, 15) is 13.6 Å². The number of amidine groups is 1. The van der Waals surface area contributed by atoms with E-state index in [1.807, 2.05) is 0 Å². The number of hydrogen-bond donors (Lipinski definition) is 3. The number of hydrogen-bond acceptors (Lipinski definition) is 5. The molecule has 0 aliphatic rings. The van der Waals surface area contributed by atoms with E-state index in [-0.39, 0.29) is 11.7 Å². The minimum atomic E-state index is -3.05. The summed E-state index contributed by atoms with van der Waals surface area (Å²) in [4.78, 5) is 20.9. The maximum Gasteiger partial charge on any atom is 0.388 e. The highest BCUT2D eigenvalue weighted by Crippen LogP contribution is 2.09. The third-order valence-electron chi connectivity index (χ3n) is 1.72. The molecule has 7 nitrogen and oxygen atoms in total. The van der Waals surface area contributed by atoms with Gasteiger partial charge in [-0.05, 0) is 6.92 Å². The van der Waals surface area contributed by atoms with Crippen molar-refractivity contribution in [2.45, 2.75) is 13.5 Å². The van der Waals surface area contributed by atoms with Gasteiger partial charge in [0.15, 0.2) is 11.7 Å². The van der Waals surface area contributed by atoms with Gasteiger partial charge in [-0.1, -0.05) is 0 Å². The third kappa shape index (κ3) is 4.20. The van der Waals surface area contributed by atoms with Crippen molar-refractivity contribution in [3.8, 4) is 0 Å². The van der Waals surface area contributed by atoms with Gasteiger partial charge in [0, 0.05) is 6.08 Å². The van der Waals surface area contributed by atoms with Gasteiger partial charge in [0.05, 0.1) is 11.9 Å². The highest BCUT2D eigenvalue weighted by molar-refractivity contribution is 5.93. The lowest BCUT2D eigenvalue weighted by atomic mass is 10.4. The molecule has 1 rings (SSSR count). The van der Waals surface area contributed by atoms with Crippen LogP contribution in [0.5, 0.6) is 0 Å². The summed E-state index contributed by atoms with van der Waals surface area (Å²) < 4.78 is 27.5. The van der Waals surface area contributed by atoms with Crippen LogP contribution in [-0.2, 0) is 4.74 Å². The van der Waals surface area contributed by atoms with Gasteiger partial charge < -0.3 is 21.2 Å². The van der Waals surface area contributed by atoms with E-state index in [1.54, 1.807) is 6.92 Å². The molecule has 9 heteroatoms. The molecule has 0 radical (unpaired) electrons. The summed E-state index contributed by atoms with van der Waals surface area (Å²) in [5.41, 5.74) is 10.5.